The normalized spacial score (nSPS) is 12.8. The van der Waals surface area contributed by atoms with Crippen molar-refractivity contribution < 1.29 is 24.0 Å². The van der Waals surface area contributed by atoms with Gasteiger partial charge < -0.3 is 15.5 Å². The number of urea groups is 1. The van der Waals surface area contributed by atoms with Crippen LogP contribution in [0.1, 0.15) is 44.9 Å². The van der Waals surface area contributed by atoms with Gasteiger partial charge in [0, 0.05) is 11.7 Å². The molecule has 0 radical (unpaired) electrons. The quantitative estimate of drug-likeness (QED) is 0.808. The summed E-state index contributed by atoms with van der Waals surface area (Å²) in [5.74, 6) is -2.23. The van der Waals surface area contributed by atoms with Crippen molar-refractivity contribution in [2.75, 3.05) is 5.32 Å². The van der Waals surface area contributed by atoms with Gasteiger partial charge in [0.2, 0.25) is 0 Å². The van der Waals surface area contributed by atoms with Gasteiger partial charge in [0.25, 0.3) is 11.8 Å². The van der Waals surface area contributed by atoms with Crippen LogP contribution in [0.25, 0.3) is 0 Å². The van der Waals surface area contributed by atoms with Gasteiger partial charge in [-0.25, -0.2) is 9.59 Å². The Morgan fingerprint density at radius 1 is 0.926 bits per heavy atom. The number of hydrogen-bond donors (Lipinski definition) is 2. The van der Waals surface area contributed by atoms with Gasteiger partial charge in [0.1, 0.15) is 0 Å². The first-order valence-corrected chi connectivity index (χ1v) is 8.24. The molecule has 0 aromatic heterocycles. The summed E-state index contributed by atoms with van der Waals surface area (Å²) in [7, 11) is 0. The molecule has 27 heavy (non-hydrogen) atoms. The standard InChI is InChI=1S/C19H17N3O5/c1-11(2)20-19(26)21-13-9-7-12(8-10-13)18(25)27-22-16(23)14-5-3-4-6-15(14)17(22)24/h3-11H,1-2H3,(H2,20,21,26). The second kappa shape index (κ2) is 7.28. The summed E-state index contributed by atoms with van der Waals surface area (Å²) in [6.45, 7) is 3.66. The van der Waals surface area contributed by atoms with Crippen LogP contribution in [0.3, 0.4) is 0 Å². The van der Waals surface area contributed by atoms with E-state index in [4.69, 9.17) is 4.84 Å². The van der Waals surface area contributed by atoms with Crippen molar-refractivity contribution in [1.82, 2.24) is 10.4 Å². The SMILES string of the molecule is CC(C)NC(=O)Nc1ccc(C(=O)ON2C(=O)c3ccccc3C2=O)cc1. The molecular formula is C19H17N3O5. The van der Waals surface area contributed by atoms with Gasteiger partial charge in [-0.2, -0.15) is 0 Å². The van der Waals surface area contributed by atoms with Gasteiger partial charge in [-0.15, -0.1) is 0 Å². The highest BCUT2D eigenvalue weighted by Crippen LogP contribution is 2.23. The summed E-state index contributed by atoms with van der Waals surface area (Å²) >= 11 is 0. The maximum atomic E-state index is 12.3. The Labute approximate surface area is 155 Å². The molecule has 138 valence electrons. The van der Waals surface area contributed by atoms with Crippen molar-refractivity contribution in [2.45, 2.75) is 19.9 Å². The van der Waals surface area contributed by atoms with E-state index < -0.39 is 17.8 Å². The number of nitrogens with one attached hydrogen (secondary N) is 2. The highest BCUT2D eigenvalue weighted by atomic mass is 16.7. The van der Waals surface area contributed by atoms with E-state index in [9.17, 15) is 19.2 Å². The Morgan fingerprint density at radius 2 is 1.48 bits per heavy atom. The van der Waals surface area contributed by atoms with Crippen LogP contribution >= 0.6 is 0 Å². The number of imide groups is 1. The molecule has 0 fully saturated rings. The van der Waals surface area contributed by atoms with Crippen molar-refractivity contribution >= 4 is 29.5 Å². The highest BCUT2D eigenvalue weighted by Gasteiger charge is 2.38. The van der Waals surface area contributed by atoms with Crippen molar-refractivity contribution in [1.29, 1.82) is 0 Å². The van der Waals surface area contributed by atoms with E-state index >= 15 is 0 Å². The lowest BCUT2D eigenvalue weighted by molar-refractivity contribution is -0.0584. The average molecular weight is 367 g/mol. The number of fused-ring (bicyclic) bond motifs is 1. The molecule has 1 heterocycles. The van der Waals surface area contributed by atoms with Crippen molar-refractivity contribution in [3.8, 4) is 0 Å². The number of hydrogen-bond acceptors (Lipinski definition) is 5. The Morgan fingerprint density at radius 3 is 2.00 bits per heavy atom. The molecule has 4 amide bonds. The number of amides is 4. The third-order valence-corrected chi connectivity index (χ3v) is 3.73. The van der Waals surface area contributed by atoms with Gasteiger partial charge in [-0.1, -0.05) is 17.2 Å². The van der Waals surface area contributed by atoms with Gasteiger partial charge in [-0.3, -0.25) is 9.59 Å². The van der Waals surface area contributed by atoms with Crippen molar-refractivity contribution in [2.24, 2.45) is 0 Å². The minimum atomic E-state index is -0.859. The minimum Gasteiger partial charge on any atom is -0.336 e. The minimum absolute atomic E-state index is 0.0149. The van der Waals surface area contributed by atoms with E-state index in [2.05, 4.69) is 10.6 Å². The first-order chi connectivity index (χ1) is 12.9. The number of carbonyl (C=O) groups is 4. The van der Waals surface area contributed by atoms with Crippen LogP contribution in [0.5, 0.6) is 0 Å². The van der Waals surface area contributed by atoms with Crippen molar-refractivity contribution in [3.63, 3.8) is 0 Å². The van der Waals surface area contributed by atoms with Gasteiger partial charge in [0.05, 0.1) is 16.7 Å². The molecule has 8 heteroatoms. The number of rotatable bonds is 4. The smallest absolute Gasteiger partial charge is 0.336 e. The topological polar surface area (TPSA) is 105 Å². The number of benzene rings is 2. The summed E-state index contributed by atoms with van der Waals surface area (Å²) in [5.41, 5.74) is 0.976. The molecule has 2 aromatic carbocycles. The molecule has 0 spiro atoms. The Hall–Kier alpha value is -3.68. The van der Waals surface area contributed by atoms with Crippen LogP contribution < -0.4 is 10.6 Å². The lowest BCUT2D eigenvalue weighted by Gasteiger charge is -2.13. The van der Waals surface area contributed by atoms with Gasteiger partial charge in [0.15, 0.2) is 0 Å². The number of anilines is 1. The Balaban J connectivity index is 1.66. The number of hydroxylamine groups is 2. The molecule has 3 rings (SSSR count). The van der Waals surface area contributed by atoms with Crippen LogP contribution in [0.4, 0.5) is 10.5 Å². The van der Waals surface area contributed by atoms with E-state index in [0.29, 0.717) is 10.8 Å². The molecule has 2 aromatic rings. The fourth-order valence-corrected chi connectivity index (χ4v) is 2.50. The van der Waals surface area contributed by atoms with E-state index in [1.54, 1.807) is 12.1 Å². The molecule has 8 nitrogen and oxygen atoms in total. The third-order valence-electron chi connectivity index (χ3n) is 3.73. The summed E-state index contributed by atoms with van der Waals surface area (Å²) in [4.78, 5) is 53.3. The Bertz CT molecular complexity index is 886. The second-order valence-corrected chi connectivity index (χ2v) is 6.16. The van der Waals surface area contributed by atoms with Crippen LogP contribution in [0, 0.1) is 0 Å². The lowest BCUT2D eigenvalue weighted by atomic mass is 10.1. The fourth-order valence-electron chi connectivity index (χ4n) is 2.50. The fraction of sp³-hybridized carbons (Fsp3) is 0.158. The first-order valence-electron chi connectivity index (χ1n) is 8.24. The molecule has 0 unspecified atom stereocenters. The maximum absolute atomic E-state index is 12.3. The molecule has 0 saturated carbocycles. The molecule has 0 aliphatic carbocycles. The van der Waals surface area contributed by atoms with E-state index in [1.807, 2.05) is 13.8 Å². The van der Waals surface area contributed by atoms with Gasteiger partial charge >= 0.3 is 12.0 Å². The highest BCUT2D eigenvalue weighted by molar-refractivity contribution is 6.21. The monoisotopic (exact) mass is 367 g/mol. The average Bonchev–Trinajstić information content (AvgIpc) is 2.87. The molecule has 0 atom stereocenters. The lowest BCUT2D eigenvalue weighted by Crippen LogP contribution is -2.34. The zero-order chi connectivity index (χ0) is 19.6. The third kappa shape index (κ3) is 3.79. The molecule has 0 bridgehead atoms. The number of nitrogens with zero attached hydrogens (tertiary/aromatic N) is 1. The summed E-state index contributed by atoms with van der Waals surface area (Å²) < 4.78 is 0. The predicted octanol–water partition coefficient (Wildman–Crippen LogP) is 2.58. The predicted molar refractivity (Wildman–Crippen MR) is 96.1 cm³/mol. The van der Waals surface area contributed by atoms with Crippen molar-refractivity contribution in [3.05, 3.63) is 65.2 Å². The molecule has 1 aliphatic heterocycles. The molecule has 0 saturated heterocycles. The zero-order valence-corrected chi connectivity index (χ0v) is 14.7. The van der Waals surface area contributed by atoms with Crippen LogP contribution in [-0.2, 0) is 4.84 Å². The zero-order valence-electron chi connectivity index (χ0n) is 14.7. The van der Waals surface area contributed by atoms with Crippen LogP contribution in [-0.4, -0.2) is 34.9 Å². The first kappa shape index (κ1) is 18.1. The maximum Gasteiger partial charge on any atom is 0.363 e. The summed E-state index contributed by atoms with van der Waals surface area (Å²) in [5, 5.41) is 5.74. The molecule has 1 aliphatic rings. The van der Waals surface area contributed by atoms with Crippen LogP contribution in [0.2, 0.25) is 0 Å². The summed E-state index contributed by atoms with van der Waals surface area (Å²) in [6.07, 6.45) is 0. The second-order valence-electron chi connectivity index (χ2n) is 6.16. The van der Waals surface area contributed by atoms with E-state index in [0.717, 1.165) is 0 Å². The van der Waals surface area contributed by atoms with Crippen LogP contribution in [0.15, 0.2) is 48.5 Å². The van der Waals surface area contributed by atoms with Gasteiger partial charge in [-0.05, 0) is 50.2 Å². The largest absolute Gasteiger partial charge is 0.363 e. The van der Waals surface area contributed by atoms with E-state index in [1.165, 1.54) is 36.4 Å². The number of carbonyl (C=O) groups excluding carboxylic acids is 4. The van der Waals surface area contributed by atoms with E-state index in [-0.39, 0.29) is 28.8 Å². The Kier molecular flexibility index (Phi) is 4.89. The molecular weight excluding hydrogens is 350 g/mol. The summed E-state index contributed by atoms with van der Waals surface area (Å²) in [6, 6.07) is 11.7. The molecule has 2 N–H and O–H groups in total.